The summed E-state index contributed by atoms with van der Waals surface area (Å²) >= 11 is 3.69. The number of rotatable bonds is 4. The van der Waals surface area contributed by atoms with E-state index in [1.807, 2.05) is 35.1 Å². The third kappa shape index (κ3) is 3.95. The molecule has 0 spiro atoms. The zero-order valence-corrected chi connectivity index (χ0v) is 24.7. The predicted octanol–water partition coefficient (Wildman–Crippen LogP) is 12.1. The van der Waals surface area contributed by atoms with Crippen molar-refractivity contribution in [3.63, 3.8) is 0 Å². The summed E-state index contributed by atoms with van der Waals surface area (Å²) in [5.41, 5.74) is 5.74. The van der Waals surface area contributed by atoms with Crippen molar-refractivity contribution in [3.05, 3.63) is 146 Å². The van der Waals surface area contributed by atoms with E-state index in [-0.39, 0.29) is 0 Å². The van der Waals surface area contributed by atoms with Gasteiger partial charge in [0.15, 0.2) is 0 Å². The lowest BCUT2D eigenvalue weighted by Gasteiger charge is -2.26. The summed E-state index contributed by atoms with van der Waals surface area (Å²) in [4.78, 5) is 7.01. The minimum absolute atomic E-state index is 1.12. The average Bonchev–Trinajstić information content (AvgIpc) is 3.64. The smallest absolute Gasteiger partial charge is 0.0545 e. The number of hydrogen-bond acceptors (Lipinski definition) is 4. The summed E-state index contributed by atoms with van der Waals surface area (Å²) in [6.45, 7) is 0. The van der Waals surface area contributed by atoms with Crippen molar-refractivity contribution >= 4 is 90.9 Å². The molecule has 3 aromatic heterocycles. The Morgan fingerprint density at radius 3 is 2.07 bits per heavy atom. The van der Waals surface area contributed by atoms with Crippen molar-refractivity contribution in [1.29, 1.82) is 0 Å². The van der Waals surface area contributed by atoms with Crippen molar-refractivity contribution in [3.8, 4) is 11.1 Å². The number of benzene rings is 6. The fourth-order valence-corrected chi connectivity index (χ4v) is 8.66. The minimum Gasteiger partial charge on any atom is -0.310 e. The first kappa shape index (κ1) is 24.6. The lowest BCUT2D eigenvalue weighted by molar-refractivity contribution is 1.29. The molecular weight excluding hydrogens is 561 g/mol. The number of hydrogen-bond donors (Lipinski definition) is 0. The highest BCUT2D eigenvalue weighted by molar-refractivity contribution is 7.27. The molecule has 0 saturated heterocycles. The Kier molecular flexibility index (Phi) is 5.58. The van der Waals surface area contributed by atoms with E-state index in [1.54, 1.807) is 0 Å². The van der Waals surface area contributed by atoms with E-state index in [4.69, 9.17) is 0 Å². The lowest BCUT2D eigenvalue weighted by atomic mass is 9.99. The van der Waals surface area contributed by atoms with Crippen LogP contribution in [0, 0.1) is 0 Å². The van der Waals surface area contributed by atoms with Crippen molar-refractivity contribution < 1.29 is 0 Å². The van der Waals surface area contributed by atoms with Gasteiger partial charge < -0.3 is 4.90 Å². The number of fused-ring (bicyclic) bond motifs is 8. The van der Waals surface area contributed by atoms with Gasteiger partial charge in [0, 0.05) is 70.7 Å². The third-order valence-electron chi connectivity index (χ3n) is 8.34. The summed E-state index contributed by atoms with van der Waals surface area (Å²) in [7, 11) is 0. The predicted molar refractivity (Wildman–Crippen MR) is 188 cm³/mol. The molecule has 6 aromatic carbocycles. The molecule has 0 amide bonds. The van der Waals surface area contributed by atoms with E-state index in [9.17, 15) is 0 Å². The number of para-hydroxylation sites is 1. The van der Waals surface area contributed by atoms with Crippen LogP contribution in [0.5, 0.6) is 0 Å². The molecule has 2 nitrogen and oxygen atoms in total. The van der Waals surface area contributed by atoms with Crippen LogP contribution in [0.25, 0.3) is 62.2 Å². The molecule has 0 radical (unpaired) electrons. The first-order valence-electron chi connectivity index (χ1n) is 14.4. The van der Waals surface area contributed by atoms with Gasteiger partial charge in [0.25, 0.3) is 0 Å². The van der Waals surface area contributed by atoms with Gasteiger partial charge in [-0.25, -0.2) is 0 Å². The first-order chi connectivity index (χ1) is 21.3. The van der Waals surface area contributed by atoms with E-state index < -0.39 is 0 Å². The largest absolute Gasteiger partial charge is 0.310 e. The number of aromatic nitrogens is 1. The number of thiophene rings is 2. The minimum atomic E-state index is 1.12. The normalized spacial score (nSPS) is 11.7. The quantitative estimate of drug-likeness (QED) is 0.205. The molecule has 0 fully saturated rings. The fourth-order valence-electron chi connectivity index (χ4n) is 6.34. The first-order valence-corrected chi connectivity index (χ1v) is 16.0. The van der Waals surface area contributed by atoms with Crippen LogP contribution in [-0.4, -0.2) is 4.98 Å². The Morgan fingerprint density at radius 1 is 0.465 bits per heavy atom. The molecule has 0 unspecified atom stereocenters. The molecule has 0 bridgehead atoms. The second kappa shape index (κ2) is 9.77. The molecule has 9 aromatic rings. The molecule has 0 atom stereocenters. The SMILES string of the molecule is c1ccc(N(c2ccc(-c3cncc4sc5c6ccccc6ccc5c34)cc2)c2ccc3sc4ccccc4c3c2)cc1. The Labute approximate surface area is 256 Å². The van der Waals surface area contributed by atoms with E-state index >= 15 is 0 Å². The molecule has 4 heteroatoms. The monoisotopic (exact) mass is 584 g/mol. The van der Waals surface area contributed by atoms with Crippen molar-refractivity contribution in [2.75, 3.05) is 4.90 Å². The highest BCUT2D eigenvalue weighted by Gasteiger charge is 2.17. The van der Waals surface area contributed by atoms with E-state index in [2.05, 4.69) is 143 Å². The van der Waals surface area contributed by atoms with Crippen molar-refractivity contribution in [2.45, 2.75) is 0 Å². The van der Waals surface area contributed by atoms with Gasteiger partial charge in [0.2, 0.25) is 0 Å². The highest BCUT2D eigenvalue weighted by atomic mass is 32.1. The van der Waals surface area contributed by atoms with E-state index in [0.29, 0.717) is 0 Å². The molecule has 9 rings (SSSR count). The van der Waals surface area contributed by atoms with E-state index in [0.717, 1.165) is 17.1 Å². The second-order valence-corrected chi connectivity index (χ2v) is 13.0. The summed E-state index contributed by atoms with van der Waals surface area (Å²) in [6.07, 6.45) is 4.03. The molecule has 0 N–H and O–H groups in total. The van der Waals surface area contributed by atoms with Gasteiger partial charge in [-0.3, -0.25) is 4.98 Å². The Bertz CT molecular complexity index is 2450. The van der Waals surface area contributed by atoms with Crippen LogP contribution < -0.4 is 4.90 Å². The maximum Gasteiger partial charge on any atom is 0.0545 e. The molecule has 0 aliphatic rings. The van der Waals surface area contributed by atoms with Crippen LogP contribution in [-0.2, 0) is 0 Å². The average molecular weight is 585 g/mol. The number of nitrogens with zero attached hydrogens (tertiary/aromatic N) is 2. The van der Waals surface area contributed by atoms with Crippen LogP contribution in [0.1, 0.15) is 0 Å². The van der Waals surface area contributed by atoms with Gasteiger partial charge in [0.1, 0.15) is 0 Å². The van der Waals surface area contributed by atoms with Crippen molar-refractivity contribution in [1.82, 2.24) is 4.98 Å². The van der Waals surface area contributed by atoms with Crippen molar-refractivity contribution in [2.24, 2.45) is 0 Å². The van der Waals surface area contributed by atoms with Gasteiger partial charge in [-0.05, 0) is 64.9 Å². The zero-order chi connectivity index (χ0) is 28.3. The van der Waals surface area contributed by atoms with Crippen LogP contribution in [0.15, 0.2) is 146 Å². The second-order valence-electron chi connectivity index (χ2n) is 10.8. The van der Waals surface area contributed by atoms with Gasteiger partial charge in [-0.1, -0.05) is 84.9 Å². The summed E-state index contributed by atoms with van der Waals surface area (Å²) in [6, 6.07) is 48.3. The maximum atomic E-state index is 4.67. The molecule has 0 saturated carbocycles. The Morgan fingerprint density at radius 2 is 1.19 bits per heavy atom. The molecular formula is C39H24N2S2. The van der Waals surface area contributed by atoms with Gasteiger partial charge in [-0.15, -0.1) is 22.7 Å². The van der Waals surface area contributed by atoms with Gasteiger partial charge in [0.05, 0.1) is 4.70 Å². The van der Waals surface area contributed by atoms with Gasteiger partial charge in [-0.2, -0.15) is 0 Å². The van der Waals surface area contributed by atoms with Gasteiger partial charge >= 0.3 is 0 Å². The number of anilines is 3. The summed E-state index contributed by atoms with van der Waals surface area (Å²) in [5.74, 6) is 0. The van der Waals surface area contributed by atoms with Crippen LogP contribution in [0.4, 0.5) is 17.1 Å². The van der Waals surface area contributed by atoms with E-state index in [1.165, 1.54) is 62.2 Å². The maximum absolute atomic E-state index is 4.67. The molecule has 43 heavy (non-hydrogen) atoms. The lowest BCUT2D eigenvalue weighted by Crippen LogP contribution is -2.09. The molecule has 0 aliphatic carbocycles. The number of pyridine rings is 1. The van der Waals surface area contributed by atoms with Crippen LogP contribution >= 0.6 is 22.7 Å². The molecule has 0 aliphatic heterocycles. The standard InChI is InChI=1S/C39H24N2S2/c1-2-9-27(10-3-1)41(29-19-21-36-33(22-29)31-12-6-7-13-35(31)42-36)28-17-14-26(15-18-28)34-23-40-24-37-38(34)32-20-16-25-8-4-5-11-30(25)39(32)43-37/h1-24H. The highest BCUT2D eigenvalue weighted by Crippen LogP contribution is 2.44. The Balaban J connectivity index is 1.19. The molecule has 3 heterocycles. The fraction of sp³-hybridized carbons (Fsp3) is 0. The topological polar surface area (TPSA) is 16.1 Å². The zero-order valence-electron chi connectivity index (χ0n) is 23.1. The molecule has 202 valence electrons. The Hall–Kier alpha value is -5.03. The summed E-state index contributed by atoms with van der Waals surface area (Å²) in [5, 5.41) is 7.76. The van der Waals surface area contributed by atoms with Crippen LogP contribution in [0.2, 0.25) is 0 Å². The summed E-state index contributed by atoms with van der Waals surface area (Å²) < 4.78 is 5.17. The van der Waals surface area contributed by atoms with Crippen LogP contribution in [0.3, 0.4) is 0 Å². The third-order valence-corrected chi connectivity index (χ3v) is 10.7.